The molecule has 0 spiro atoms. The Kier molecular flexibility index (Phi) is 4.40. The molecule has 0 bridgehead atoms. The van der Waals surface area contributed by atoms with E-state index >= 15 is 0 Å². The number of carbonyl (C=O) groups is 1. The number of hydrogen-bond acceptors (Lipinski definition) is 4. The van der Waals surface area contributed by atoms with Gasteiger partial charge in [-0.25, -0.2) is 4.79 Å². The smallest absolute Gasteiger partial charge is 0.379 e. The largest absolute Gasteiger partial charge is 0.462 e. The molecule has 0 saturated heterocycles. The molecule has 0 aromatic carbocycles. The van der Waals surface area contributed by atoms with Crippen LogP contribution in [0.3, 0.4) is 0 Å². The van der Waals surface area contributed by atoms with Crippen LogP contribution >= 0.6 is 27.3 Å². The minimum absolute atomic E-state index is 0.102. The van der Waals surface area contributed by atoms with Gasteiger partial charge in [0.2, 0.25) is 0 Å². The first-order valence-electron chi connectivity index (χ1n) is 4.45. The van der Waals surface area contributed by atoms with E-state index in [0.717, 1.165) is 11.3 Å². The van der Waals surface area contributed by atoms with E-state index in [2.05, 4.69) is 20.7 Å². The second-order valence-electron chi connectivity index (χ2n) is 2.96. The Bertz CT molecular complexity index is 383. The second kappa shape index (κ2) is 5.20. The zero-order valence-electron chi connectivity index (χ0n) is 8.38. The molecule has 0 aliphatic carbocycles. The summed E-state index contributed by atoms with van der Waals surface area (Å²) in [5.41, 5.74) is 5.36. The summed E-state index contributed by atoms with van der Waals surface area (Å²) in [5, 5.41) is 0. The Morgan fingerprint density at radius 2 is 2.31 bits per heavy atom. The molecule has 0 aliphatic heterocycles. The van der Waals surface area contributed by atoms with E-state index in [4.69, 9.17) is 5.73 Å². The summed E-state index contributed by atoms with van der Waals surface area (Å²) in [6, 6.07) is 1.37. The molecule has 7 heteroatoms. The van der Waals surface area contributed by atoms with Crippen molar-refractivity contribution < 1.29 is 18.3 Å². The summed E-state index contributed by atoms with van der Waals surface area (Å²) >= 11 is 4.20. The molecule has 0 radical (unpaired) electrons. The summed E-state index contributed by atoms with van der Waals surface area (Å²) in [7, 11) is 0. The molecule has 3 nitrogen and oxygen atoms in total. The van der Waals surface area contributed by atoms with Crippen molar-refractivity contribution in [3.05, 3.63) is 20.8 Å². The molecule has 0 amide bonds. The van der Waals surface area contributed by atoms with Crippen LogP contribution in [0.4, 0.5) is 8.78 Å². The maximum absolute atomic E-state index is 13.5. The Labute approximate surface area is 104 Å². The third-order valence-electron chi connectivity index (χ3n) is 1.84. The lowest BCUT2D eigenvalue weighted by Gasteiger charge is -2.20. The highest BCUT2D eigenvalue weighted by Gasteiger charge is 2.48. The van der Waals surface area contributed by atoms with Gasteiger partial charge < -0.3 is 10.5 Å². The zero-order valence-corrected chi connectivity index (χ0v) is 10.8. The lowest BCUT2D eigenvalue weighted by Crippen LogP contribution is -2.41. The van der Waals surface area contributed by atoms with Crippen LogP contribution in [0.15, 0.2) is 15.9 Å². The van der Waals surface area contributed by atoms with Gasteiger partial charge in [0.25, 0.3) is 0 Å². The molecule has 1 heterocycles. The summed E-state index contributed by atoms with van der Waals surface area (Å²) in [4.78, 5) is 11.3. The standard InChI is InChI=1S/C9H10BrF2NO2S/c1-2-15-8(14)9(11,12)7(13)5-3-4-6(10)16-5/h3-4,7H,2,13H2,1H3/t7-/m0/s1. The van der Waals surface area contributed by atoms with Gasteiger partial charge in [-0.2, -0.15) is 8.78 Å². The van der Waals surface area contributed by atoms with E-state index in [0.29, 0.717) is 3.79 Å². The summed E-state index contributed by atoms with van der Waals surface area (Å²) in [6.07, 6.45) is 0. The predicted molar refractivity (Wildman–Crippen MR) is 60.5 cm³/mol. The first-order chi connectivity index (χ1) is 7.39. The van der Waals surface area contributed by atoms with Gasteiger partial charge in [-0.05, 0) is 35.0 Å². The van der Waals surface area contributed by atoms with Crippen molar-refractivity contribution in [1.29, 1.82) is 0 Å². The van der Waals surface area contributed by atoms with Crippen LogP contribution < -0.4 is 5.73 Å². The Morgan fingerprint density at radius 3 is 2.75 bits per heavy atom. The molecule has 0 unspecified atom stereocenters. The van der Waals surface area contributed by atoms with Crippen LogP contribution in [0.1, 0.15) is 17.8 Å². The van der Waals surface area contributed by atoms with Crippen molar-refractivity contribution >= 4 is 33.2 Å². The number of rotatable bonds is 4. The van der Waals surface area contributed by atoms with Gasteiger partial charge in [-0.3, -0.25) is 0 Å². The van der Waals surface area contributed by atoms with Gasteiger partial charge in [-0.15, -0.1) is 11.3 Å². The number of thiophene rings is 1. The molecule has 0 saturated carbocycles. The normalized spacial score (nSPS) is 13.6. The zero-order chi connectivity index (χ0) is 12.3. The fraction of sp³-hybridized carbons (Fsp3) is 0.444. The Balaban J connectivity index is 2.87. The lowest BCUT2D eigenvalue weighted by molar-refractivity contribution is -0.174. The quantitative estimate of drug-likeness (QED) is 0.870. The highest BCUT2D eigenvalue weighted by molar-refractivity contribution is 9.11. The van der Waals surface area contributed by atoms with Crippen molar-refractivity contribution in [3.8, 4) is 0 Å². The van der Waals surface area contributed by atoms with Crippen molar-refractivity contribution in [2.24, 2.45) is 5.73 Å². The lowest BCUT2D eigenvalue weighted by atomic mass is 10.1. The summed E-state index contributed by atoms with van der Waals surface area (Å²) in [5.74, 6) is -5.30. The van der Waals surface area contributed by atoms with E-state index in [1.807, 2.05) is 0 Å². The van der Waals surface area contributed by atoms with Crippen LogP contribution in [0.25, 0.3) is 0 Å². The highest BCUT2D eigenvalue weighted by atomic mass is 79.9. The van der Waals surface area contributed by atoms with Gasteiger partial charge >= 0.3 is 11.9 Å². The van der Waals surface area contributed by atoms with Crippen LogP contribution in [0.5, 0.6) is 0 Å². The maximum Gasteiger partial charge on any atom is 0.379 e. The van der Waals surface area contributed by atoms with Gasteiger partial charge in [0, 0.05) is 4.88 Å². The first-order valence-corrected chi connectivity index (χ1v) is 6.06. The number of ether oxygens (including phenoxy) is 1. The molecule has 90 valence electrons. The fourth-order valence-corrected chi connectivity index (χ4v) is 2.49. The first kappa shape index (κ1) is 13.5. The van der Waals surface area contributed by atoms with Crippen LogP contribution in [0, 0.1) is 0 Å². The summed E-state index contributed by atoms with van der Waals surface area (Å²) < 4.78 is 31.9. The number of hydrogen-bond donors (Lipinski definition) is 1. The molecule has 0 fully saturated rings. The minimum atomic E-state index is -3.71. The molecule has 1 rings (SSSR count). The van der Waals surface area contributed by atoms with Crippen molar-refractivity contribution in [3.63, 3.8) is 0 Å². The van der Waals surface area contributed by atoms with E-state index < -0.39 is 17.9 Å². The molecule has 0 aliphatic rings. The number of carbonyl (C=O) groups excluding carboxylic acids is 1. The molecule has 16 heavy (non-hydrogen) atoms. The number of alkyl halides is 2. The van der Waals surface area contributed by atoms with Crippen LogP contribution in [-0.2, 0) is 9.53 Å². The molecule has 1 aromatic rings. The number of nitrogens with two attached hydrogens (primary N) is 1. The third kappa shape index (κ3) is 2.78. The SMILES string of the molecule is CCOC(=O)C(F)(F)[C@@H](N)c1ccc(Br)s1. The minimum Gasteiger partial charge on any atom is -0.462 e. The van der Waals surface area contributed by atoms with E-state index in [9.17, 15) is 13.6 Å². The molecule has 1 aromatic heterocycles. The van der Waals surface area contributed by atoms with E-state index in [-0.39, 0.29) is 11.5 Å². The maximum atomic E-state index is 13.5. The Hall–Kier alpha value is -0.530. The molecular formula is C9H10BrF2NO2S. The monoisotopic (exact) mass is 313 g/mol. The van der Waals surface area contributed by atoms with Gasteiger partial charge in [0.05, 0.1) is 10.4 Å². The van der Waals surface area contributed by atoms with Crippen molar-refractivity contribution in [2.45, 2.75) is 18.9 Å². The molecule has 2 N–H and O–H groups in total. The average Bonchev–Trinajstić information content (AvgIpc) is 2.64. The highest BCUT2D eigenvalue weighted by Crippen LogP contribution is 2.35. The van der Waals surface area contributed by atoms with Gasteiger partial charge in [-0.1, -0.05) is 0 Å². The topological polar surface area (TPSA) is 52.3 Å². The van der Waals surface area contributed by atoms with Crippen LogP contribution in [0.2, 0.25) is 0 Å². The number of esters is 1. The van der Waals surface area contributed by atoms with Crippen molar-refractivity contribution in [2.75, 3.05) is 6.61 Å². The van der Waals surface area contributed by atoms with E-state index in [1.54, 1.807) is 6.07 Å². The third-order valence-corrected chi connectivity index (χ3v) is 3.55. The molecule has 1 atom stereocenters. The fourth-order valence-electron chi connectivity index (χ4n) is 1.03. The average molecular weight is 314 g/mol. The van der Waals surface area contributed by atoms with E-state index in [1.165, 1.54) is 13.0 Å². The second-order valence-corrected chi connectivity index (χ2v) is 5.46. The van der Waals surface area contributed by atoms with Crippen LogP contribution in [-0.4, -0.2) is 18.5 Å². The molecular weight excluding hydrogens is 304 g/mol. The predicted octanol–water partition coefficient (Wildman–Crippen LogP) is 2.71. The van der Waals surface area contributed by atoms with Gasteiger partial charge in [0.15, 0.2) is 0 Å². The summed E-state index contributed by atoms with van der Waals surface area (Å²) in [6.45, 7) is 1.36. The van der Waals surface area contributed by atoms with Gasteiger partial charge in [0.1, 0.15) is 6.04 Å². The number of halogens is 3. The van der Waals surface area contributed by atoms with Crippen molar-refractivity contribution in [1.82, 2.24) is 0 Å². The Morgan fingerprint density at radius 1 is 1.69 bits per heavy atom.